The van der Waals surface area contributed by atoms with Gasteiger partial charge >= 0.3 is 6.30 Å². The second-order valence-corrected chi connectivity index (χ2v) is 7.76. The van der Waals surface area contributed by atoms with E-state index < -0.39 is 12.2 Å². The van der Waals surface area contributed by atoms with E-state index in [1.165, 1.54) is 24.8 Å². The third kappa shape index (κ3) is 4.04. The van der Waals surface area contributed by atoms with Gasteiger partial charge < -0.3 is 15.4 Å². The van der Waals surface area contributed by atoms with Crippen LogP contribution in [0.15, 0.2) is 35.4 Å². The van der Waals surface area contributed by atoms with Gasteiger partial charge in [0.2, 0.25) is 0 Å². The van der Waals surface area contributed by atoms with Gasteiger partial charge in [0.25, 0.3) is 5.91 Å². The van der Waals surface area contributed by atoms with E-state index in [1.807, 2.05) is 40.8 Å². The summed E-state index contributed by atoms with van der Waals surface area (Å²) in [7, 11) is 1.36. The molecule has 10 heteroatoms. The molecule has 4 rings (SSSR count). The molecule has 2 aromatic carbocycles. The van der Waals surface area contributed by atoms with E-state index >= 15 is 0 Å². The van der Waals surface area contributed by atoms with Gasteiger partial charge in [0.05, 0.1) is 12.7 Å². The smallest absolute Gasteiger partial charge is 0.496 e. The van der Waals surface area contributed by atoms with Crippen LogP contribution in [0, 0.1) is 3.57 Å². The Labute approximate surface area is 178 Å². The first-order chi connectivity index (χ1) is 13.8. The van der Waals surface area contributed by atoms with E-state index in [9.17, 15) is 18.0 Å². The zero-order chi connectivity index (χ0) is 20.8. The van der Waals surface area contributed by atoms with Crippen molar-refractivity contribution in [2.45, 2.75) is 19.3 Å². The highest BCUT2D eigenvalue weighted by molar-refractivity contribution is 14.1. The first-order valence-electron chi connectivity index (χ1n) is 8.75. The molecule has 0 radical (unpaired) electrons. The number of amides is 1. The highest BCUT2D eigenvalue weighted by Crippen LogP contribution is 2.36. The lowest BCUT2D eigenvalue weighted by Crippen LogP contribution is -2.25. The van der Waals surface area contributed by atoms with Gasteiger partial charge in [0.15, 0.2) is 5.84 Å². The first-order valence-corrected chi connectivity index (χ1v) is 9.83. The van der Waals surface area contributed by atoms with E-state index in [4.69, 9.17) is 4.74 Å². The van der Waals surface area contributed by atoms with Crippen molar-refractivity contribution in [2.75, 3.05) is 19.0 Å². The monoisotopic (exact) mass is 516 g/mol. The standard InChI is InChI=1S/C19H16F3IN4O2/c1-29-16-8-13(17-26-27(17)19(20,21)22)15(23)7-14(16)18(28)25-12-3-2-10-4-5-24-9-11(10)6-12/h2-3,6-8,24H,4-5,9H2,1H3,(H,25,28). The van der Waals surface area contributed by atoms with Crippen molar-refractivity contribution < 1.29 is 22.7 Å². The molecule has 2 aliphatic rings. The van der Waals surface area contributed by atoms with Gasteiger partial charge in [-0.05, 0) is 70.9 Å². The molecule has 0 atom stereocenters. The predicted octanol–water partition coefficient (Wildman–Crippen LogP) is 3.69. The largest absolute Gasteiger partial charge is 0.506 e. The van der Waals surface area contributed by atoms with Crippen molar-refractivity contribution in [1.29, 1.82) is 0 Å². The molecule has 0 aromatic heterocycles. The number of fused-ring (bicyclic) bond motifs is 1. The Hall–Kier alpha value is -2.34. The molecular weight excluding hydrogens is 500 g/mol. The zero-order valence-electron chi connectivity index (χ0n) is 15.2. The molecule has 2 aromatic rings. The van der Waals surface area contributed by atoms with Crippen LogP contribution in [0.3, 0.4) is 0 Å². The highest BCUT2D eigenvalue weighted by atomic mass is 127. The molecule has 0 bridgehead atoms. The summed E-state index contributed by atoms with van der Waals surface area (Å²) < 4.78 is 44.0. The quantitative estimate of drug-likeness (QED) is 0.481. The minimum atomic E-state index is -4.57. The number of ether oxygens (including phenoxy) is 1. The average molecular weight is 516 g/mol. The van der Waals surface area contributed by atoms with Crippen LogP contribution < -0.4 is 15.4 Å². The summed E-state index contributed by atoms with van der Waals surface area (Å²) in [4.78, 5) is 12.8. The maximum atomic E-state index is 12.8. The lowest BCUT2D eigenvalue weighted by atomic mass is 10.0. The van der Waals surface area contributed by atoms with Gasteiger partial charge in [-0.15, -0.1) is 23.3 Å². The maximum Gasteiger partial charge on any atom is 0.506 e. The van der Waals surface area contributed by atoms with Gasteiger partial charge in [0, 0.05) is 21.4 Å². The normalized spacial score (nSPS) is 15.5. The van der Waals surface area contributed by atoms with Gasteiger partial charge in [-0.3, -0.25) is 4.79 Å². The molecule has 0 aliphatic carbocycles. The summed E-state index contributed by atoms with van der Waals surface area (Å²) in [6.45, 7) is 1.67. The van der Waals surface area contributed by atoms with E-state index in [0.717, 1.165) is 25.1 Å². The van der Waals surface area contributed by atoms with Crippen LogP contribution in [0.2, 0.25) is 0 Å². The molecule has 0 spiro atoms. The molecule has 2 aliphatic heterocycles. The topological polar surface area (TPSA) is 65.7 Å². The lowest BCUT2D eigenvalue weighted by Gasteiger charge is -2.18. The Bertz CT molecular complexity index is 1020. The fourth-order valence-corrected chi connectivity index (χ4v) is 3.95. The Morgan fingerprint density at radius 1 is 1.28 bits per heavy atom. The summed E-state index contributed by atoms with van der Waals surface area (Å²) in [6, 6.07) is 8.66. The summed E-state index contributed by atoms with van der Waals surface area (Å²) in [5.74, 6) is -0.427. The van der Waals surface area contributed by atoms with Crippen LogP contribution >= 0.6 is 22.6 Å². The number of benzene rings is 2. The number of alkyl halides is 3. The van der Waals surface area contributed by atoms with Crippen molar-refractivity contribution in [1.82, 2.24) is 10.3 Å². The summed E-state index contributed by atoms with van der Waals surface area (Å²) in [6.07, 6.45) is -3.63. The molecule has 0 saturated carbocycles. The average Bonchev–Trinajstić information content (AvgIpc) is 3.48. The molecule has 0 saturated heterocycles. The summed E-state index contributed by atoms with van der Waals surface area (Å²) in [5.41, 5.74) is 3.52. The molecular formula is C19H16F3IN4O2. The predicted molar refractivity (Wildman–Crippen MR) is 110 cm³/mol. The van der Waals surface area contributed by atoms with Crippen LogP contribution in [0.4, 0.5) is 18.9 Å². The number of hydrogen-bond acceptors (Lipinski definition) is 5. The Morgan fingerprint density at radius 2 is 2.07 bits per heavy atom. The maximum absolute atomic E-state index is 12.8. The second kappa shape index (κ2) is 7.48. The number of nitrogens with one attached hydrogen (secondary N) is 2. The fourth-order valence-electron chi connectivity index (χ4n) is 3.24. The van der Waals surface area contributed by atoms with Crippen molar-refractivity contribution >= 4 is 40.0 Å². The van der Waals surface area contributed by atoms with Crippen molar-refractivity contribution in [3.05, 3.63) is 56.2 Å². The van der Waals surface area contributed by atoms with Gasteiger partial charge in [-0.1, -0.05) is 6.07 Å². The molecule has 152 valence electrons. The SMILES string of the molecule is COc1cc(C2=NN2C(F)(F)F)c(I)cc1C(=O)Nc1ccc2c(c1)CNCC2. The van der Waals surface area contributed by atoms with Crippen LogP contribution in [-0.2, 0) is 13.0 Å². The van der Waals surface area contributed by atoms with Crippen molar-refractivity contribution in [2.24, 2.45) is 5.10 Å². The number of rotatable bonds is 4. The number of carbonyl (C=O) groups is 1. The third-order valence-corrected chi connectivity index (χ3v) is 5.61. The number of hydrogen-bond donors (Lipinski definition) is 2. The van der Waals surface area contributed by atoms with E-state index in [0.29, 0.717) is 9.26 Å². The second-order valence-electron chi connectivity index (χ2n) is 6.60. The van der Waals surface area contributed by atoms with Gasteiger partial charge in [-0.25, -0.2) is 0 Å². The Morgan fingerprint density at radius 3 is 2.76 bits per heavy atom. The van der Waals surface area contributed by atoms with Gasteiger partial charge in [-0.2, -0.15) is 0 Å². The lowest BCUT2D eigenvalue weighted by molar-refractivity contribution is -0.201. The van der Waals surface area contributed by atoms with Crippen LogP contribution in [0.25, 0.3) is 0 Å². The molecule has 2 N–H and O–H groups in total. The Kier molecular flexibility index (Phi) is 5.15. The molecule has 6 nitrogen and oxygen atoms in total. The van der Waals surface area contributed by atoms with Crippen LogP contribution in [0.5, 0.6) is 5.75 Å². The number of methoxy groups -OCH3 is 1. The van der Waals surface area contributed by atoms with Crippen LogP contribution in [0.1, 0.15) is 27.0 Å². The Balaban J connectivity index is 1.57. The molecule has 2 heterocycles. The summed E-state index contributed by atoms with van der Waals surface area (Å²) in [5, 5.41) is 9.49. The minimum absolute atomic E-state index is 0.00910. The third-order valence-electron chi connectivity index (χ3n) is 4.72. The van der Waals surface area contributed by atoms with E-state index in [-0.39, 0.29) is 27.7 Å². The number of amidine groups is 1. The number of halogens is 4. The molecule has 0 unspecified atom stereocenters. The van der Waals surface area contributed by atoms with Crippen molar-refractivity contribution in [3.63, 3.8) is 0 Å². The molecule has 29 heavy (non-hydrogen) atoms. The van der Waals surface area contributed by atoms with Gasteiger partial charge in [0.1, 0.15) is 5.75 Å². The molecule has 0 fully saturated rings. The van der Waals surface area contributed by atoms with E-state index in [1.54, 1.807) is 0 Å². The highest BCUT2D eigenvalue weighted by Gasteiger charge is 2.49. The van der Waals surface area contributed by atoms with E-state index in [2.05, 4.69) is 15.7 Å². The van der Waals surface area contributed by atoms with Crippen molar-refractivity contribution in [3.8, 4) is 5.75 Å². The number of hydrazone groups is 1. The fraction of sp³-hybridized carbons (Fsp3) is 0.263. The van der Waals surface area contributed by atoms with Crippen LogP contribution in [-0.4, -0.2) is 36.7 Å². The molecule has 1 amide bonds. The zero-order valence-corrected chi connectivity index (χ0v) is 17.4. The summed E-state index contributed by atoms with van der Waals surface area (Å²) >= 11 is 1.89. The number of carbonyl (C=O) groups excluding carboxylic acids is 1. The first kappa shape index (κ1) is 20.0. The minimum Gasteiger partial charge on any atom is -0.496 e. The number of nitrogens with zero attached hydrogens (tertiary/aromatic N) is 2. The number of anilines is 1.